The molecule has 0 rings (SSSR count). The smallest absolute Gasteiger partial charge is 0.0799 e. The Hall–Kier alpha value is -0.0800. The molecule has 27 heavy (non-hydrogen) atoms. The lowest BCUT2D eigenvalue weighted by Crippen LogP contribution is -2.25. The second kappa shape index (κ2) is 22.2. The Morgan fingerprint density at radius 2 is 0.593 bits per heavy atom. The van der Waals surface area contributed by atoms with E-state index in [1.54, 1.807) is 0 Å². The van der Waals surface area contributed by atoms with Crippen LogP contribution in [0, 0.1) is 0 Å². The number of hydrogen-bond acceptors (Lipinski definition) is 2. The molecule has 0 saturated heterocycles. The maximum absolute atomic E-state index is 10.1. The summed E-state index contributed by atoms with van der Waals surface area (Å²) in [7, 11) is 0. The summed E-state index contributed by atoms with van der Waals surface area (Å²) in [5.41, 5.74) is 0. The van der Waals surface area contributed by atoms with E-state index in [1.165, 1.54) is 109 Å². The first-order valence-electron chi connectivity index (χ1n) is 12.6. The predicted octanol–water partition coefficient (Wildman–Crippen LogP) is 7.94. The molecule has 0 spiro atoms. The fourth-order valence-corrected chi connectivity index (χ4v) is 3.89. The summed E-state index contributed by atoms with van der Waals surface area (Å²) in [5, 5.41) is 20.2. The third kappa shape index (κ3) is 20.5. The highest BCUT2D eigenvalue weighted by Crippen LogP contribution is 2.16. The Balaban J connectivity index is 3.31. The second-order valence-corrected chi connectivity index (χ2v) is 8.72. The fraction of sp³-hybridized carbons (Fsp3) is 1.00. The molecule has 0 aromatic carbocycles. The zero-order chi connectivity index (χ0) is 20.0. The Morgan fingerprint density at radius 1 is 0.370 bits per heavy atom. The van der Waals surface area contributed by atoms with Crippen molar-refractivity contribution in [2.24, 2.45) is 0 Å². The van der Waals surface area contributed by atoms with E-state index in [0.717, 1.165) is 25.7 Å². The number of aliphatic hydroxyl groups excluding tert-OH is 2. The van der Waals surface area contributed by atoms with Crippen LogP contribution in [0.3, 0.4) is 0 Å². The van der Waals surface area contributed by atoms with Crippen molar-refractivity contribution in [3.63, 3.8) is 0 Å². The van der Waals surface area contributed by atoms with Crippen LogP contribution in [0.2, 0.25) is 0 Å². The molecular formula is C25H52O2. The van der Waals surface area contributed by atoms with Crippen LogP contribution in [0.15, 0.2) is 0 Å². The molecule has 2 heteroatoms. The maximum Gasteiger partial charge on any atom is 0.0799 e. The molecule has 0 aromatic heterocycles. The Labute approximate surface area is 171 Å². The van der Waals surface area contributed by atoms with E-state index in [-0.39, 0.29) is 0 Å². The zero-order valence-electron chi connectivity index (χ0n) is 18.9. The topological polar surface area (TPSA) is 40.5 Å². The van der Waals surface area contributed by atoms with Crippen LogP contribution < -0.4 is 0 Å². The molecule has 0 aliphatic carbocycles. The van der Waals surface area contributed by atoms with Gasteiger partial charge in [-0.3, -0.25) is 0 Å². The average molecular weight is 385 g/mol. The molecule has 0 bridgehead atoms. The number of rotatable bonds is 22. The number of hydrogen-bond donors (Lipinski definition) is 2. The molecule has 0 heterocycles. The zero-order valence-corrected chi connectivity index (χ0v) is 18.9. The van der Waals surface area contributed by atoms with Crippen LogP contribution in [-0.4, -0.2) is 22.4 Å². The first kappa shape index (κ1) is 26.9. The average Bonchev–Trinajstić information content (AvgIpc) is 2.67. The van der Waals surface area contributed by atoms with Crippen LogP contribution in [0.5, 0.6) is 0 Å². The maximum atomic E-state index is 10.1. The van der Waals surface area contributed by atoms with E-state index in [2.05, 4.69) is 13.8 Å². The van der Waals surface area contributed by atoms with Crippen molar-refractivity contribution in [2.75, 3.05) is 0 Å². The molecule has 0 aromatic rings. The lowest BCUT2D eigenvalue weighted by atomic mass is 9.99. The molecule has 0 aliphatic heterocycles. The summed E-state index contributed by atoms with van der Waals surface area (Å²) in [6.45, 7) is 4.53. The van der Waals surface area contributed by atoms with E-state index in [4.69, 9.17) is 0 Å². The molecule has 2 atom stereocenters. The van der Waals surface area contributed by atoms with Crippen molar-refractivity contribution in [3.8, 4) is 0 Å². The first-order valence-corrected chi connectivity index (χ1v) is 12.6. The molecule has 0 radical (unpaired) electrons. The van der Waals surface area contributed by atoms with Crippen molar-refractivity contribution in [3.05, 3.63) is 0 Å². The van der Waals surface area contributed by atoms with Gasteiger partial charge in [-0.2, -0.15) is 0 Å². The van der Waals surface area contributed by atoms with Gasteiger partial charge in [-0.05, 0) is 12.8 Å². The van der Waals surface area contributed by atoms with E-state index in [0.29, 0.717) is 0 Å². The van der Waals surface area contributed by atoms with Crippen LogP contribution >= 0.6 is 0 Å². The quantitative estimate of drug-likeness (QED) is 0.186. The van der Waals surface area contributed by atoms with E-state index < -0.39 is 12.2 Å². The van der Waals surface area contributed by atoms with Crippen LogP contribution in [0.25, 0.3) is 0 Å². The third-order valence-corrected chi connectivity index (χ3v) is 5.90. The van der Waals surface area contributed by atoms with Crippen molar-refractivity contribution in [1.82, 2.24) is 0 Å². The molecule has 0 saturated carbocycles. The van der Waals surface area contributed by atoms with E-state index in [9.17, 15) is 10.2 Å². The summed E-state index contributed by atoms with van der Waals surface area (Å²) in [5.74, 6) is 0. The largest absolute Gasteiger partial charge is 0.390 e. The summed E-state index contributed by atoms with van der Waals surface area (Å²) < 4.78 is 0. The lowest BCUT2D eigenvalue weighted by molar-refractivity contribution is 0.00711. The van der Waals surface area contributed by atoms with Gasteiger partial charge in [0, 0.05) is 0 Å². The monoisotopic (exact) mass is 384 g/mol. The van der Waals surface area contributed by atoms with Crippen molar-refractivity contribution < 1.29 is 10.2 Å². The molecule has 0 amide bonds. The Bertz CT molecular complexity index is 267. The normalized spacial score (nSPS) is 13.8. The molecule has 164 valence electrons. The van der Waals surface area contributed by atoms with Crippen molar-refractivity contribution >= 4 is 0 Å². The molecular weight excluding hydrogens is 332 g/mol. The lowest BCUT2D eigenvalue weighted by Gasteiger charge is -2.17. The second-order valence-electron chi connectivity index (χ2n) is 8.72. The third-order valence-electron chi connectivity index (χ3n) is 5.90. The first-order chi connectivity index (χ1) is 13.2. The van der Waals surface area contributed by atoms with Gasteiger partial charge in [0.1, 0.15) is 0 Å². The van der Waals surface area contributed by atoms with Gasteiger partial charge < -0.3 is 10.2 Å². The van der Waals surface area contributed by atoms with Gasteiger partial charge in [0.25, 0.3) is 0 Å². The highest BCUT2D eigenvalue weighted by Gasteiger charge is 2.15. The van der Waals surface area contributed by atoms with Gasteiger partial charge in [0.2, 0.25) is 0 Å². The van der Waals surface area contributed by atoms with Gasteiger partial charge in [-0.1, -0.05) is 136 Å². The van der Waals surface area contributed by atoms with Crippen molar-refractivity contribution in [1.29, 1.82) is 0 Å². The number of aliphatic hydroxyl groups is 2. The highest BCUT2D eigenvalue weighted by atomic mass is 16.3. The summed E-state index contributed by atoms with van der Waals surface area (Å²) in [6.07, 6.45) is 25.4. The minimum Gasteiger partial charge on any atom is -0.390 e. The van der Waals surface area contributed by atoms with Gasteiger partial charge >= 0.3 is 0 Å². The molecule has 2 N–H and O–H groups in total. The summed E-state index contributed by atoms with van der Waals surface area (Å²) >= 11 is 0. The van der Waals surface area contributed by atoms with Crippen molar-refractivity contribution in [2.45, 2.75) is 161 Å². The van der Waals surface area contributed by atoms with Gasteiger partial charge in [0.15, 0.2) is 0 Å². The van der Waals surface area contributed by atoms with Gasteiger partial charge in [-0.25, -0.2) is 0 Å². The Morgan fingerprint density at radius 3 is 0.852 bits per heavy atom. The molecule has 2 nitrogen and oxygen atoms in total. The Kier molecular flexibility index (Phi) is 22.1. The van der Waals surface area contributed by atoms with Gasteiger partial charge in [-0.15, -0.1) is 0 Å². The van der Waals surface area contributed by atoms with Crippen LogP contribution in [0.1, 0.15) is 149 Å². The number of unbranched alkanes of at least 4 members (excludes halogenated alkanes) is 17. The highest BCUT2D eigenvalue weighted by molar-refractivity contribution is 4.67. The van der Waals surface area contributed by atoms with Crippen LogP contribution in [-0.2, 0) is 0 Å². The fourth-order valence-electron chi connectivity index (χ4n) is 3.89. The minimum atomic E-state index is -0.506. The molecule has 0 aliphatic rings. The summed E-state index contributed by atoms with van der Waals surface area (Å²) in [4.78, 5) is 0. The van der Waals surface area contributed by atoms with E-state index >= 15 is 0 Å². The van der Waals surface area contributed by atoms with E-state index in [1.807, 2.05) is 0 Å². The SMILES string of the molecule is CCCCCCCCCCCCC(O)C(O)CCCCCCCCCCC. The molecule has 0 fully saturated rings. The standard InChI is InChI=1S/C25H52O2/c1-3-5-7-9-11-13-15-17-19-21-23-25(27)24(26)22-20-18-16-14-12-10-8-6-4-2/h24-27H,3-23H2,1-2H3. The van der Waals surface area contributed by atoms with Crippen LogP contribution in [0.4, 0.5) is 0 Å². The van der Waals surface area contributed by atoms with Gasteiger partial charge in [0.05, 0.1) is 12.2 Å². The summed E-state index contributed by atoms with van der Waals surface area (Å²) in [6, 6.07) is 0. The predicted molar refractivity (Wildman–Crippen MR) is 120 cm³/mol. The molecule has 2 unspecified atom stereocenters. The minimum absolute atomic E-state index is 0.506.